The Balaban J connectivity index is 1.94. The van der Waals surface area contributed by atoms with E-state index in [9.17, 15) is 4.79 Å². The van der Waals surface area contributed by atoms with E-state index in [-0.39, 0.29) is 5.91 Å². The van der Waals surface area contributed by atoms with Crippen molar-refractivity contribution in [3.63, 3.8) is 0 Å². The Morgan fingerprint density at radius 1 is 1.40 bits per heavy atom. The largest absolute Gasteiger partial charge is 0.355 e. The predicted molar refractivity (Wildman–Crippen MR) is 83.1 cm³/mol. The molecule has 1 fully saturated rings. The van der Waals surface area contributed by atoms with Gasteiger partial charge in [0.05, 0.1) is 5.41 Å². The summed E-state index contributed by atoms with van der Waals surface area (Å²) >= 11 is 5.90. The molecule has 3 nitrogen and oxygen atoms in total. The number of benzene rings is 1. The third-order valence-electron chi connectivity index (χ3n) is 4.08. The van der Waals surface area contributed by atoms with Crippen molar-refractivity contribution in [3.8, 4) is 0 Å². The van der Waals surface area contributed by atoms with Gasteiger partial charge in [-0.15, -0.1) is 0 Å². The second kappa shape index (κ2) is 6.59. The molecule has 1 atom stereocenters. The third-order valence-corrected chi connectivity index (χ3v) is 4.34. The lowest BCUT2D eigenvalue weighted by Gasteiger charge is -2.27. The summed E-state index contributed by atoms with van der Waals surface area (Å²) in [4.78, 5) is 12.4. The lowest BCUT2D eigenvalue weighted by Crippen LogP contribution is -2.44. The summed E-state index contributed by atoms with van der Waals surface area (Å²) in [6.07, 6.45) is 2.38. The summed E-state index contributed by atoms with van der Waals surface area (Å²) in [5, 5.41) is 7.16. The van der Waals surface area contributed by atoms with Crippen LogP contribution in [0.5, 0.6) is 0 Å². The average molecular weight is 295 g/mol. The lowest BCUT2D eigenvalue weighted by atomic mass is 9.83. The van der Waals surface area contributed by atoms with Crippen LogP contribution in [-0.4, -0.2) is 25.5 Å². The van der Waals surface area contributed by atoms with E-state index in [4.69, 9.17) is 11.6 Å². The first-order chi connectivity index (χ1) is 9.50. The molecule has 0 radical (unpaired) electrons. The van der Waals surface area contributed by atoms with Crippen LogP contribution in [0, 0.1) is 5.92 Å². The number of hydrogen-bond donors (Lipinski definition) is 2. The van der Waals surface area contributed by atoms with Gasteiger partial charge in [0.25, 0.3) is 0 Å². The van der Waals surface area contributed by atoms with E-state index in [0.29, 0.717) is 10.9 Å². The summed E-state index contributed by atoms with van der Waals surface area (Å²) < 4.78 is 0. The minimum absolute atomic E-state index is 0.0744. The quantitative estimate of drug-likeness (QED) is 0.896. The zero-order valence-corrected chi connectivity index (χ0v) is 13.0. The minimum Gasteiger partial charge on any atom is -0.355 e. The smallest absolute Gasteiger partial charge is 0.230 e. The van der Waals surface area contributed by atoms with Crippen molar-refractivity contribution in [1.82, 2.24) is 10.6 Å². The number of piperidine rings is 1. The van der Waals surface area contributed by atoms with Crippen LogP contribution in [-0.2, 0) is 10.2 Å². The second-order valence-electron chi connectivity index (χ2n) is 6.05. The molecule has 0 saturated carbocycles. The molecule has 0 aromatic heterocycles. The highest BCUT2D eigenvalue weighted by atomic mass is 35.5. The number of nitrogens with one attached hydrogen (secondary N) is 2. The Kier molecular flexibility index (Phi) is 5.06. The maximum Gasteiger partial charge on any atom is 0.230 e. The number of carbonyl (C=O) groups excluding carboxylic acids is 1. The summed E-state index contributed by atoms with van der Waals surface area (Å²) in [7, 11) is 0. The van der Waals surface area contributed by atoms with Gasteiger partial charge in [-0.05, 0) is 63.4 Å². The molecule has 1 heterocycles. The van der Waals surface area contributed by atoms with Gasteiger partial charge in [0.15, 0.2) is 0 Å². The highest BCUT2D eigenvalue weighted by Gasteiger charge is 2.30. The summed E-state index contributed by atoms with van der Waals surface area (Å²) in [6.45, 7) is 6.75. The van der Waals surface area contributed by atoms with Gasteiger partial charge in [0.1, 0.15) is 0 Å². The molecule has 2 N–H and O–H groups in total. The van der Waals surface area contributed by atoms with Crippen molar-refractivity contribution in [2.75, 3.05) is 19.6 Å². The van der Waals surface area contributed by atoms with Gasteiger partial charge >= 0.3 is 0 Å². The number of hydrogen-bond acceptors (Lipinski definition) is 2. The van der Waals surface area contributed by atoms with E-state index in [1.54, 1.807) is 0 Å². The van der Waals surface area contributed by atoms with Gasteiger partial charge in [-0.2, -0.15) is 0 Å². The molecular formula is C16H23ClN2O. The van der Waals surface area contributed by atoms with Crippen molar-refractivity contribution in [3.05, 3.63) is 34.9 Å². The van der Waals surface area contributed by atoms with Crippen LogP contribution >= 0.6 is 11.6 Å². The molecule has 0 spiro atoms. The first-order valence-electron chi connectivity index (χ1n) is 7.25. The van der Waals surface area contributed by atoms with E-state index < -0.39 is 5.41 Å². The second-order valence-corrected chi connectivity index (χ2v) is 6.49. The minimum atomic E-state index is -0.535. The van der Waals surface area contributed by atoms with Crippen LogP contribution in [0.4, 0.5) is 0 Å². The van der Waals surface area contributed by atoms with Crippen LogP contribution in [0.1, 0.15) is 32.3 Å². The van der Waals surface area contributed by atoms with E-state index in [1.165, 1.54) is 12.8 Å². The van der Waals surface area contributed by atoms with Gasteiger partial charge in [-0.25, -0.2) is 0 Å². The van der Waals surface area contributed by atoms with Gasteiger partial charge in [0.2, 0.25) is 5.91 Å². The van der Waals surface area contributed by atoms with Crippen molar-refractivity contribution in [1.29, 1.82) is 0 Å². The molecule has 110 valence electrons. The van der Waals surface area contributed by atoms with Gasteiger partial charge in [0, 0.05) is 11.6 Å². The van der Waals surface area contributed by atoms with E-state index in [0.717, 1.165) is 25.2 Å². The Morgan fingerprint density at radius 3 is 2.70 bits per heavy atom. The monoisotopic (exact) mass is 294 g/mol. The highest BCUT2D eigenvalue weighted by molar-refractivity contribution is 6.30. The first-order valence-corrected chi connectivity index (χ1v) is 7.63. The van der Waals surface area contributed by atoms with Crippen LogP contribution < -0.4 is 10.6 Å². The molecule has 1 saturated heterocycles. The fourth-order valence-corrected chi connectivity index (χ4v) is 2.68. The number of rotatable bonds is 4. The molecule has 2 rings (SSSR count). The average Bonchev–Trinajstić information content (AvgIpc) is 2.46. The standard InChI is InChI=1S/C16H23ClN2O/c1-16(2,13-5-7-14(17)8-6-13)15(20)19-11-12-4-3-9-18-10-12/h5-8,12,18H,3-4,9-11H2,1-2H3,(H,19,20). The Labute approximate surface area is 126 Å². The number of halogens is 1. The van der Waals surface area contributed by atoms with Crippen LogP contribution in [0.25, 0.3) is 0 Å². The molecule has 20 heavy (non-hydrogen) atoms. The van der Waals surface area contributed by atoms with Gasteiger partial charge in [-0.3, -0.25) is 4.79 Å². The van der Waals surface area contributed by atoms with Crippen molar-refractivity contribution in [2.45, 2.75) is 32.1 Å². The molecular weight excluding hydrogens is 272 g/mol. The van der Waals surface area contributed by atoms with Crippen LogP contribution in [0.2, 0.25) is 5.02 Å². The third kappa shape index (κ3) is 3.74. The summed E-state index contributed by atoms with van der Waals surface area (Å²) in [5.74, 6) is 0.624. The molecule has 0 bridgehead atoms. The molecule has 1 amide bonds. The van der Waals surface area contributed by atoms with E-state index in [2.05, 4.69) is 10.6 Å². The Hall–Kier alpha value is -1.06. The zero-order valence-electron chi connectivity index (χ0n) is 12.2. The van der Waals surface area contributed by atoms with Gasteiger partial charge in [-0.1, -0.05) is 23.7 Å². The Bertz CT molecular complexity index is 450. The first kappa shape index (κ1) is 15.3. The topological polar surface area (TPSA) is 41.1 Å². The molecule has 1 aliphatic heterocycles. The maximum atomic E-state index is 12.4. The normalized spacial score (nSPS) is 19.6. The van der Waals surface area contributed by atoms with E-state index in [1.807, 2.05) is 38.1 Å². The maximum absolute atomic E-state index is 12.4. The number of carbonyl (C=O) groups is 1. The van der Waals surface area contributed by atoms with Crippen LogP contribution in [0.3, 0.4) is 0 Å². The molecule has 1 aromatic rings. The van der Waals surface area contributed by atoms with Crippen LogP contribution in [0.15, 0.2) is 24.3 Å². The van der Waals surface area contributed by atoms with Crippen molar-refractivity contribution < 1.29 is 4.79 Å². The SMILES string of the molecule is CC(C)(C(=O)NCC1CCCNC1)c1ccc(Cl)cc1. The Morgan fingerprint density at radius 2 is 2.10 bits per heavy atom. The predicted octanol–water partition coefficient (Wildman–Crippen LogP) is 2.73. The molecule has 4 heteroatoms. The van der Waals surface area contributed by atoms with E-state index >= 15 is 0 Å². The summed E-state index contributed by atoms with van der Waals surface area (Å²) in [6, 6.07) is 7.50. The molecule has 1 unspecified atom stereocenters. The summed E-state index contributed by atoms with van der Waals surface area (Å²) in [5.41, 5.74) is 0.452. The zero-order chi connectivity index (χ0) is 14.6. The fraction of sp³-hybridized carbons (Fsp3) is 0.562. The van der Waals surface area contributed by atoms with Crippen molar-refractivity contribution in [2.24, 2.45) is 5.92 Å². The fourth-order valence-electron chi connectivity index (χ4n) is 2.55. The molecule has 1 aliphatic rings. The number of amides is 1. The lowest BCUT2D eigenvalue weighted by molar-refractivity contribution is -0.125. The van der Waals surface area contributed by atoms with Crippen molar-refractivity contribution >= 4 is 17.5 Å². The van der Waals surface area contributed by atoms with Gasteiger partial charge < -0.3 is 10.6 Å². The highest BCUT2D eigenvalue weighted by Crippen LogP contribution is 2.25. The molecule has 1 aromatic carbocycles. The molecule has 0 aliphatic carbocycles.